The Morgan fingerprint density at radius 2 is 0.824 bits per heavy atom. The number of nitrogens with one attached hydrogen (secondary N) is 6. The molecule has 2 aliphatic heterocycles. The Morgan fingerprint density at radius 1 is 0.434 bits per heavy atom. The summed E-state index contributed by atoms with van der Waals surface area (Å²) in [5, 5.41) is 39.9. The maximum Gasteiger partial charge on any atom is 0.516 e. The molecule has 696 valence electrons. The number of carbonyl (C=O) groups is 4. The predicted octanol–water partition coefficient (Wildman–Crippen LogP) is 13.1. The number of nitrogens with zero attached hydrogens (tertiary/aromatic N) is 8. The van der Waals surface area contributed by atoms with E-state index in [1.54, 1.807) is 91.3 Å². The molecule has 6 aromatic heterocycles. The van der Waals surface area contributed by atoms with Crippen molar-refractivity contribution in [3.63, 3.8) is 0 Å². The lowest BCUT2D eigenvalue weighted by Crippen LogP contribution is -2.41. The molecule has 8 aromatic carbocycles. The number of nitrogens with two attached hydrogens (primary N) is 3. The molecule has 14 aromatic rings. The van der Waals surface area contributed by atoms with E-state index >= 15 is 0 Å². The van der Waals surface area contributed by atoms with Crippen LogP contribution in [0.5, 0.6) is 0 Å². The molecule has 16 rings (SSSR count). The molecule has 15 N–H and O–H groups in total. The van der Waals surface area contributed by atoms with Crippen LogP contribution in [0, 0.1) is 11.6 Å². The topological polar surface area (TPSA) is 461 Å². The van der Waals surface area contributed by atoms with E-state index in [2.05, 4.69) is 135 Å². The number of rotatable bonds is 21. The number of anilines is 3. The van der Waals surface area contributed by atoms with Gasteiger partial charge in [0.15, 0.2) is 0 Å². The molecular weight excluding hydrogens is 2000 g/mol. The highest BCUT2D eigenvalue weighted by molar-refractivity contribution is 9.11. The van der Waals surface area contributed by atoms with Gasteiger partial charge in [-0.3, -0.25) is 38.7 Å². The van der Waals surface area contributed by atoms with Crippen molar-refractivity contribution in [2.45, 2.75) is 102 Å². The minimum atomic E-state index is -0.773. The third-order valence-electron chi connectivity index (χ3n) is 21.9. The van der Waals surface area contributed by atoms with Crippen LogP contribution in [-0.2, 0) is 25.2 Å². The van der Waals surface area contributed by atoms with E-state index in [0.29, 0.717) is 82.1 Å². The lowest BCUT2D eigenvalue weighted by Gasteiger charge is -2.32. The van der Waals surface area contributed by atoms with E-state index in [0.717, 1.165) is 38.3 Å². The zero-order chi connectivity index (χ0) is 98.2. The minimum absolute atomic E-state index is 0.0664. The van der Waals surface area contributed by atoms with Crippen molar-refractivity contribution in [2.75, 3.05) is 37.0 Å². The average Bonchev–Trinajstić information content (AvgIpc) is 1.59. The summed E-state index contributed by atoms with van der Waals surface area (Å²) >= 11 is 12.7. The van der Waals surface area contributed by atoms with Gasteiger partial charge in [-0.25, -0.2) is 38.7 Å². The Kier molecular flexibility index (Phi) is 36.1. The number of nitrogen functional groups attached to an aromatic ring is 3. The van der Waals surface area contributed by atoms with E-state index in [9.17, 15) is 52.9 Å². The van der Waals surface area contributed by atoms with E-state index in [1.165, 1.54) is 61.2 Å². The molecule has 0 aliphatic carbocycles. The van der Waals surface area contributed by atoms with Crippen LogP contribution in [0.3, 0.4) is 0 Å². The average molecular weight is 2100 g/mol. The van der Waals surface area contributed by atoms with Crippen molar-refractivity contribution in [3.8, 4) is 45.0 Å². The van der Waals surface area contributed by atoms with Gasteiger partial charge in [0.25, 0.3) is 23.6 Å². The molecule has 3 atom stereocenters. The first-order valence-corrected chi connectivity index (χ1v) is 45.2. The number of hydrogen-bond acceptors (Lipinski definition) is 24. The Hall–Kier alpha value is -13.0. The number of halogens is 6. The van der Waals surface area contributed by atoms with Crippen molar-refractivity contribution >= 4 is 144 Å². The highest BCUT2D eigenvalue weighted by Crippen LogP contribution is 2.39. The van der Waals surface area contributed by atoms with Gasteiger partial charge in [-0.05, 0) is 207 Å². The molecule has 2 fully saturated rings. The quantitative estimate of drug-likeness (QED) is 0.0297. The summed E-state index contributed by atoms with van der Waals surface area (Å²) in [6, 6.07) is 63.9. The van der Waals surface area contributed by atoms with Crippen LogP contribution in [0.2, 0.25) is 0 Å². The number of H-pyrrole nitrogens is 2. The number of aromatic amines is 2. The summed E-state index contributed by atoms with van der Waals surface area (Å²) < 4.78 is 56.6. The van der Waals surface area contributed by atoms with Gasteiger partial charge in [-0.15, -0.1) is 0 Å². The first kappa shape index (κ1) is 103. The summed E-state index contributed by atoms with van der Waals surface area (Å²) in [4.78, 5) is 110. The van der Waals surface area contributed by atoms with Crippen molar-refractivity contribution in [1.82, 2.24) is 71.1 Å². The molecule has 136 heavy (non-hydrogen) atoms. The van der Waals surface area contributed by atoms with Gasteiger partial charge in [0.2, 0.25) is 11.1 Å². The zero-order valence-corrected chi connectivity index (χ0v) is 81.0. The van der Waals surface area contributed by atoms with Crippen LogP contribution >= 0.6 is 63.7 Å². The molecule has 39 heteroatoms. The number of carbonyl (C=O) groups excluding carboxylic acids is 4. The van der Waals surface area contributed by atoms with Crippen LogP contribution in [0.25, 0.3) is 45.0 Å². The van der Waals surface area contributed by atoms with Gasteiger partial charge in [0, 0.05) is 80.7 Å². The fraction of sp³-hybridized carbons (Fsp3) is 0.196. The van der Waals surface area contributed by atoms with Crippen molar-refractivity contribution in [2.24, 2.45) is 0 Å². The van der Waals surface area contributed by atoms with Gasteiger partial charge >= 0.3 is 14.2 Å². The maximum atomic E-state index is 14.9. The monoisotopic (exact) mass is 2090 g/mol. The molecule has 30 nitrogen and oxygen atoms in total. The molecule has 0 spiro atoms. The van der Waals surface area contributed by atoms with Crippen molar-refractivity contribution in [1.29, 1.82) is 0 Å². The highest BCUT2D eigenvalue weighted by atomic mass is 79.9. The molecule has 0 bridgehead atoms. The summed E-state index contributed by atoms with van der Waals surface area (Å²) in [6.45, 7) is 15.4. The Morgan fingerprint density at radius 3 is 1.26 bits per heavy atom. The highest BCUT2D eigenvalue weighted by Gasteiger charge is 2.53. The molecular formula is C97H94B3Br4F2N17O13. The largest absolute Gasteiger partial charge is 0.516 e. The number of hydrogen-bond donors (Lipinski definition) is 12. The third kappa shape index (κ3) is 27.9. The van der Waals surface area contributed by atoms with Gasteiger partial charge in [0.1, 0.15) is 67.8 Å². The van der Waals surface area contributed by atoms with E-state index in [-0.39, 0.29) is 76.9 Å². The normalized spacial score (nSPS) is 14.0. The van der Waals surface area contributed by atoms with E-state index in [4.69, 9.17) is 43.7 Å². The lowest BCUT2D eigenvalue weighted by atomic mass is 9.79. The van der Waals surface area contributed by atoms with Crippen molar-refractivity contribution in [3.05, 3.63) is 363 Å². The van der Waals surface area contributed by atoms with Crippen LogP contribution in [0.1, 0.15) is 137 Å². The van der Waals surface area contributed by atoms with Crippen LogP contribution < -0.4 is 66.2 Å². The lowest BCUT2D eigenvalue weighted by molar-refractivity contribution is 0.00578. The summed E-state index contributed by atoms with van der Waals surface area (Å²) in [5.74, 6) is -2.59. The SMILES string of the molecule is CC1(C)OB(c2ccc(C(=O)N[C@H](CO)c3ccccc3)cc2)OC1(C)C.CC1(C)OB(c2cnc(N)c(-c3ccc(C(=O)NCc4ccccc4)c(F)c3)n2)OC1(C)C.Nc1ncc(-c2ccc(=O)[nH]c2)nc1-c1ccc(C(=O)N[C@H](CO)c2ccccc2)c(F)c1.Nc1ncc(Br)nc1-c1ccc(C(=O)N[C@H](CO)c2ccccc2)cc1.O=c1ccc(Br)c[nH]1.[B]c1ncc(Br)nc1Br. The number of aliphatic hydroxyl groups is 3. The minimum Gasteiger partial charge on any atom is -0.399 e. The number of aromatic nitrogens is 10. The molecule has 0 saturated carbocycles. The second kappa shape index (κ2) is 47.4. The second-order valence-corrected chi connectivity index (χ2v) is 35.7. The zero-order valence-electron chi connectivity index (χ0n) is 74.7. The molecule has 2 radical (unpaired) electrons. The predicted molar refractivity (Wildman–Crippen MR) is 534 cm³/mol. The first-order chi connectivity index (χ1) is 64.8. The molecule has 4 amide bonds. The number of amides is 4. The molecule has 0 unspecified atom stereocenters. The summed E-state index contributed by atoms with van der Waals surface area (Å²) in [5.41, 5.74) is 25.0. The molecule has 2 saturated heterocycles. The Bertz CT molecular complexity index is 6530. The molecule has 2 aliphatic rings. The Labute approximate surface area is 818 Å². The van der Waals surface area contributed by atoms with E-state index < -0.39 is 78.2 Å². The van der Waals surface area contributed by atoms with Gasteiger partial charge in [-0.2, -0.15) is 0 Å². The smallest absolute Gasteiger partial charge is 0.399 e. The van der Waals surface area contributed by atoms with Crippen LogP contribution in [0.15, 0.2) is 296 Å². The van der Waals surface area contributed by atoms with Gasteiger partial charge in [-0.1, -0.05) is 158 Å². The Balaban J connectivity index is 0.000000165. The van der Waals surface area contributed by atoms with E-state index in [1.807, 2.05) is 165 Å². The van der Waals surface area contributed by atoms with Crippen LogP contribution in [0.4, 0.5) is 26.2 Å². The summed E-state index contributed by atoms with van der Waals surface area (Å²) in [6.07, 6.45) is 9.10. The fourth-order valence-electron chi connectivity index (χ4n) is 13.0. The number of aliphatic hydroxyl groups excluding tert-OH is 3. The van der Waals surface area contributed by atoms with Gasteiger partial charge < -0.3 is 82.4 Å². The fourth-order valence-corrected chi connectivity index (χ4v) is 14.3. The maximum absolute atomic E-state index is 14.9. The van der Waals surface area contributed by atoms with Crippen LogP contribution in [-0.4, -0.2) is 153 Å². The first-order valence-electron chi connectivity index (χ1n) is 42.1. The molecule has 8 heterocycles. The van der Waals surface area contributed by atoms with Gasteiger partial charge in [0.05, 0.1) is 101 Å². The second-order valence-electron chi connectivity index (χ2n) is 32.4. The third-order valence-corrected chi connectivity index (χ3v) is 23.7. The van der Waals surface area contributed by atoms with Crippen molar-refractivity contribution < 1.29 is 61.9 Å². The number of pyridine rings is 2. The summed E-state index contributed by atoms with van der Waals surface area (Å²) in [7, 11) is 4.16. The number of benzene rings is 8. The standard InChI is InChI=1S/C24H26BFN4O3.C24H20FN5O3.C21H26BNO4.C19H17BrN4O2.C5H4BrNO.C4HBBr2N2/c1-23(2)24(3,4)33-25(32-23)19-14-28-21(27)20(30-19)16-10-11-17(18(26)12-16)22(31)29-13-15-8-6-5-7-9-15;25-18-10-15(22-23(26)28-12-19(29-22)16-7-9-21(32)27-11-16)6-8-17(18)24(33)30-20(13-31)14-4-2-1-3-5-14;1-20(2)21(3,4)27-22(26-20)17-12-10-16(11-13-17)19(25)23-18(14-24)15-8-6-5-7-9-15;20-16-10-22-18(21)17(24-16)13-6-8-14(9-7-13)19(26)23-15(11-25)12-4-2-1-3-5-12;6-4-1-2-5(8)7-3-4;5-3-4(7)9-2(6)1-8-3/h5-12,14H,13H2,1-4H3,(H2,27,28)(H,29,31);1-12,20,31H,13H2,(H2,26,28)(H,27,32)(H,30,33);5-13,18,24H,14H2,1-4H3,(H,23,25);1-10,15,25H,11H2,(H2,21,22)(H,23,26);1-3H,(H,7,8);1H/t;20-;18-;15-;;/m.111../s1.